The summed E-state index contributed by atoms with van der Waals surface area (Å²) in [4.78, 5) is 26.6. The van der Waals surface area contributed by atoms with Crippen LogP contribution in [0.25, 0.3) is 11.1 Å². The van der Waals surface area contributed by atoms with Gasteiger partial charge in [-0.2, -0.15) is 5.10 Å². The van der Waals surface area contributed by atoms with Crippen molar-refractivity contribution in [2.75, 3.05) is 7.05 Å². The van der Waals surface area contributed by atoms with Crippen LogP contribution < -0.4 is 10.9 Å². The van der Waals surface area contributed by atoms with Crippen LogP contribution in [0.3, 0.4) is 0 Å². The fraction of sp³-hybridized carbons (Fsp3) is 0.174. The normalized spacial score (nSPS) is 15.8. The molecule has 0 bridgehead atoms. The second kappa shape index (κ2) is 8.16. The summed E-state index contributed by atoms with van der Waals surface area (Å²) in [7, 11) is 1.60. The number of hydrogen-bond donors (Lipinski definition) is 2. The lowest BCUT2D eigenvalue weighted by molar-refractivity contribution is 0.184. The highest BCUT2D eigenvalue weighted by Crippen LogP contribution is 2.28. The van der Waals surface area contributed by atoms with Crippen molar-refractivity contribution in [2.45, 2.75) is 19.4 Å². The predicted octanol–water partition coefficient (Wildman–Crippen LogP) is 4.03. The van der Waals surface area contributed by atoms with Crippen molar-refractivity contribution in [3.8, 4) is 11.1 Å². The molecule has 0 saturated carbocycles. The summed E-state index contributed by atoms with van der Waals surface area (Å²) in [6.07, 6.45) is 2.34. The van der Waals surface area contributed by atoms with E-state index in [9.17, 15) is 9.59 Å². The number of aromatic amines is 1. The van der Waals surface area contributed by atoms with E-state index in [0.717, 1.165) is 27.8 Å². The third-order valence-corrected chi connectivity index (χ3v) is 5.41. The minimum absolute atomic E-state index is 0.138. The van der Waals surface area contributed by atoms with Crippen LogP contribution in [0.2, 0.25) is 5.02 Å². The van der Waals surface area contributed by atoms with Gasteiger partial charge in [0.05, 0.1) is 11.8 Å². The number of rotatable bonds is 2. The van der Waals surface area contributed by atoms with Crippen LogP contribution in [-0.2, 0) is 6.42 Å². The summed E-state index contributed by atoms with van der Waals surface area (Å²) in [5, 5.41) is 9.53. The van der Waals surface area contributed by atoms with Crippen molar-refractivity contribution >= 4 is 23.3 Å². The number of amides is 2. The van der Waals surface area contributed by atoms with Crippen molar-refractivity contribution in [1.82, 2.24) is 15.3 Å². The van der Waals surface area contributed by atoms with Crippen molar-refractivity contribution in [3.05, 3.63) is 92.9 Å². The Kier molecular flexibility index (Phi) is 5.42. The molecule has 1 aromatic heterocycles. The molecule has 0 aliphatic carbocycles. The van der Waals surface area contributed by atoms with E-state index in [4.69, 9.17) is 16.7 Å². The average Bonchev–Trinajstić information content (AvgIpc) is 2.90. The highest BCUT2D eigenvalue weighted by Gasteiger charge is 2.27. The Hall–Kier alpha value is -3.38. The molecular weight excluding hydrogens is 400 g/mol. The van der Waals surface area contributed by atoms with Gasteiger partial charge >= 0.3 is 6.03 Å². The predicted molar refractivity (Wildman–Crippen MR) is 119 cm³/mol. The van der Waals surface area contributed by atoms with E-state index >= 15 is 0 Å². The SMILES string of the molecule is CNC(=O)N1N=C(c2ccc(Cl)cc2)c2ccc(-c3ccc(=O)[nH]c3)cc2CC1C. The van der Waals surface area contributed by atoms with Crippen molar-refractivity contribution in [3.63, 3.8) is 0 Å². The molecule has 30 heavy (non-hydrogen) atoms. The number of nitrogens with one attached hydrogen (secondary N) is 2. The molecule has 1 atom stereocenters. The number of aromatic nitrogens is 1. The Balaban J connectivity index is 1.86. The molecule has 2 aromatic carbocycles. The van der Waals surface area contributed by atoms with Gasteiger partial charge in [-0.25, -0.2) is 9.80 Å². The molecule has 4 rings (SSSR count). The Morgan fingerprint density at radius 1 is 1.10 bits per heavy atom. The molecule has 1 aliphatic rings. The number of H-pyrrole nitrogens is 1. The lowest BCUT2D eigenvalue weighted by Gasteiger charge is -2.22. The maximum Gasteiger partial charge on any atom is 0.337 e. The Morgan fingerprint density at radius 2 is 1.80 bits per heavy atom. The quantitative estimate of drug-likeness (QED) is 0.656. The maximum atomic E-state index is 12.5. The van der Waals surface area contributed by atoms with Crippen LogP contribution in [-0.4, -0.2) is 34.8 Å². The van der Waals surface area contributed by atoms with E-state index in [2.05, 4.69) is 16.4 Å². The Morgan fingerprint density at radius 3 is 2.47 bits per heavy atom. The number of hydrogen-bond acceptors (Lipinski definition) is 3. The maximum absolute atomic E-state index is 12.5. The third-order valence-electron chi connectivity index (χ3n) is 5.16. The number of pyridine rings is 1. The van der Waals surface area contributed by atoms with Crippen LogP contribution in [0.5, 0.6) is 0 Å². The smallest absolute Gasteiger partial charge is 0.337 e. The highest BCUT2D eigenvalue weighted by atomic mass is 35.5. The number of hydrazone groups is 1. The fourth-order valence-electron chi connectivity index (χ4n) is 3.61. The summed E-state index contributed by atoms with van der Waals surface area (Å²) >= 11 is 6.07. The first kappa shape index (κ1) is 19.9. The van der Waals surface area contributed by atoms with E-state index < -0.39 is 0 Å². The number of halogens is 1. The average molecular weight is 421 g/mol. The van der Waals surface area contributed by atoms with E-state index in [1.54, 1.807) is 19.3 Å². The molecule has 0 saturated heterocycles. The van der Waals surface area contributed by atoms with Crippen molar-refractivity contribution in [2.24, 2.45) is 5.10 Å². The third kappa shape index (κ3) is 3.86. The number of carbonyl (C=O) groups excluding carboxylic acids is 1. The monoisotopic (exact) mass is 420 g/mol. The molecule has 0 radical (unpaired) electrons. The number of fused-ring (bicyclic) bond motifs is 1. The van der Waals surface area contributed by atoms with Gasteiger partial charge in [0.25, 0.3) is 0 Å². The van der Waals surface area contributed by atoms with Crippen molar-refractivity contribution < 1.29 is 4.79 Å². The Bertz CT molecular complexity index is 1160. The van der Waals surface area contributed by atoms with Gasteiger partial charge in [-0.05, 0) is 48.2 Å². The molecular formula is C23H21ClN4O2. The van der Waals surface area contributed by atoms with Gasteiger partial charge < -0.3 is 10.3 Å². The van der Waals surface area contributed by atoms with Gasteiger partial charge in [0, 0.05) is 35.5 Å². The van der Waals surface area contributed by atoms with Crippen LogP contribution in [0.4, 0.5) is 4.79 Å². The lowest BCUT2D eigenvalue weighted by atomic mass is 9.92. The van der Waals surface area contributed by atoms with Gasteiger partial charge in [-0.15, -0.1) is 0 Å². The number of benzene rings is 2. The standard InChI is InChI=1S/C23H21ClN4O2/c1-14-11-18-12-16(17-6-10-21(29)26-13-17)5-9-20(18)22(27-28(14)23(30)25-2)15-3-7-19(24)8-4-15/h3-10,12-14H,11H2,1-2H3,(H,25,30)(H,26,29). The van der Waals surface area contributed by atoms with Gasteiger partial charge in [-0.1, -0.05) is 41.9 Å². The fourth-order valence-corrected chi connectivity index (χ4v) is 3.74. The molecule has 152 valence electrons. The van der Waals surface area contributed by atoms with E-state index in [1.807, 2.05) is 43.3 Å². The summed E-state index contributed by atoms with van der Waals surface area (Å²) in [5.41, 5.74) is 5.39. The molecule has 0 fully saturated rings. The highest BCUT2D eigenvalue weighted by molar-refractivity contribution is 6.30. The van der Waals surface area contributed by atoms with Crippen molar-refractivity contribution in [1.29, 1.82) is 0 Å². The van der Waals surface area contributed by atoms with Crippen LogP contribution in [0.15, 0.2) is 70.7 Å². The minimum atomic E-state index is -0.261. The first-order valence-corrected chi connectivity index (χ1v) is 10.0. The molecule has 3 aromatic rings. The molecule has 2 heterocycles. The first-order valence-electron chi connectivity index (χ1n) is 9.64. The van der Waals surface area contributed by atoms with E-state index in [0.29, 0.717) is 17.2 Å². The van der Waals surface area contributed by atoms with Crippen LogP contribution >= 0.6 is 11.6 Å². The number of nitrogens with zero attached hydrogens (tertiary/aromatic N) is 2. The molecule has 7 heteroatoms. The molecule has 0 spiro atoms. The van der Waals surface area contributed by atoms with Gasteiger partial charge in [0.1, 0.15) is 0 Å². The second-order valence-corrected chi connectivity index (χ2v) is 7.66. The van der Waals surface area contributed by atoms with E-state index in [1.165, 1.54) is 11.1 Å². The topological polar surface area (TPSA) is 77.6 Å². The number of urea groups is 1. The zero-order valence-corrected chi connectivity index (χ0v) is 17.4. The summed E-state index contributed by atoms with van der Waals surface area (Å²) in [6, 6.07) is 16.4. The molecule has 2 N–H and O–H groups in total. The molecule has 1 aliphatic heterocycles. The molecule has 6 nitrogen and oxygen atoms in total. The minimum Gasteiger partial charge on any atom is -0.340 e. The van der Waals surface area contributed by atoms with Gasteiger partial charge in [0.2, 0.25) is 5.56 Å². The summed E-state index contributed by atoms with van der Waals surface area (Å²) < 4.78 is 0. The summed E-state index contributed by atoms with van der Waals surface area (Å²) in [6.45, 7) is 1.97. The second-order valence-electron chi connectivity index (χ2n) is 7.22. The first-order chi connectivity index (χ1) is 14.5. The van der Waals surface area contributed by atoms with E-state index in [-0.39, 0.29) is 17.6 Å². The van der Waals surface area contributed by atoms with Gasteiger partial charge in [-0.3, -0.25) is 4.79 Å². The zero-order valence-electron chi connectivity index (χ0n) is 16.6. The lowest BCUT2D eigenvalue weighted by Crippen LogP contribution is -2.41. The van der Waals surface area contributed by atoms with Gasteiger partial charge in [0.15, 0.2) is 0 Å². The summed E-state index contributed by atoms with van der Waals surface area (Å²) in [5.74, 6) is 0. The largest absolute Gasteiger partial charge is 0.340 e. The number of carbonyl (C=O) groups is 1. The Labute approximate surface area is 179 Å². The molecule has 1 unspecified atom stereocenters. The zero-order chi connectivity index (χ0) is 21.3. The van der Waals surface area contributed by atoms with Crippen LogP contribution in [0, 0.1) is 0 Å². The van der Waals surface area contributed by atoms with Crippen LogP contribution in [0.1, 0.15) is 23.6 Å². The molecule has 2 amide bonds.